The van der Waals surface area contributed by atoms with Gasteiger partial charge in [-0.15, -0.1) is 0 Å². The van der Waals surface area contributed by atoms with Gasteiger partial charge in [0.1, 0.15) is 0 Å². The average molecular weight is 228 g/mol. The maximum Gasteiger partial charge on any atom is 0.0431 e. The molecule has 16 heavy (non-hydrogen) atoms. The van der Waals surface area contributed by atoms with Gasteiger partial charge in [0.05, 0.1) is 0 Å². The van der Waals surface area contributed by atoms with Gasteiger partial charge in [-0.25, -0.2) is 0 Å². The van der Waals surface area contributed by atoms with Gasteiger partial charge in [-0.3, -0.25) is 0 Å². The molecule has 0 aliphatic heterocycles. The van der Waals surface area contributed by atoms with Crippen molar-refractivity contribution >= 4 is 0 Å². The molecule has 0 bridgehead atoms. The molecule has 0 fully saturated rings. The lowest BCUT2D eigenvalue weighted by Crippen LogP contribution is -1.96. The Labute approximate surface area is 103 Å². The number of hydrogen-bond acceptors (Lipinski definition) is 1. The van der Waals surface area contributed by atoms with Crippen LogP contribution in [0.1, 0.15) is 84.5 Å². The Bertz CT molecular complexity index is 123. The summed E-state index contributed by atoms with van der Waals surface area (Å²) < 4.78 is 0. The molecular weight excluding hydrogens is 196 g/mol. The highest BCUT2D eigenvalue weighted by atomic mass is 16.2. The van der Waals surface area contributed by atoms with Gasteiger partial charge in [0.15, 0.2) is 0 Å². The van der Waals surface area contributed by atoms with Crippen molar-refractivity contribution in [3.05, 3.63) is 0 Å². The first-order valence-corrected chi connectivity index (χ1v) is 7.42. The van der Waals surface area contributed by atoms with Gasteiger partial charge in [0.25, 0.3) is 0 Å². The van der Waals surface area contributed by atoms with Gasteiger partial charge in [-0.2, -0.15) is 0 Å². The molecule has 1 N–H and O–H groups in total. The van der Waals surface area contributed by atoms with Crippen LogP contribution in [-0.2, 0) is 0 Å². The molecule has 0 aliphatic rings. The molecule has 0 rings (SSSR count). The lowest BCUT2D eigenvalue weighted by Gasteiger charge is -2.09. The fourth-order valence-electron chi connectivity index (χ4n) is 2.21. The molecule has 1 unspecified atom stereocenters. The molecule has 1 nitrogen and oxygen atoms in total. The highest BCUT2D eigenvalue weighted by molar-refractivity contribution is 4.54. The van der Waals surface area contributed by atoms with Crippen molar-refractivity contribution in [3.8, 4) is 0 Å². The molecule has 0 aliphatic carbocycles. The van der Waals surface area contributed by atoms with E-state index in [-0.39, 0.29) is 0 Å². The summed E-state index contributed by atoms with van der Waals surface area (Å²) in [6.07, 6.45) is 14.8. The van der Waals surface area contributed by atoms with Gasteiger partial charge >= 0.3 is 0 Å². The van der Waals surface area contributed by atoms with E-state index in [2.05, 4.69) is 13.8 Å². The van der Waals surface area contributed by atoms with Crippen molar-refractivity contribution in [2.75, 3.05) is 6.61 Å². The number of rotatable bonds is 12. The van der Waals surface area contributed by atoms with Crippen molar-refractivity contribution in [1.29, 1.82) is 0 Å². The topological polar surface area (TPSA) is 20.2 Å². The standard InChI is InChI=1S/C15H32O/c1-3-4-5-6-7-8-9-10-12-15(2)13-11-14-16/h15-16H,3-14H2,1-2H3. The predicted octanol–water partition coefficient (Wildman–Crippen LogP) is 4.93. The number of hydrogen-bond donors (Lipinski definition) is 1. The van der Waals surface area contributed by atoms with Crippen LogP contribution >= 0.6 is 0 Å². The third-order valence-electron chi connectivity index (χ3n) is 3.41. The second-order valence-corrected chi connectivity index (χ2v) is 5.23. The third-order valence-corrected chi connectivity index (χ3v) is 3.41. The molecule has 0 aromatic heterocycles. The maximum absolute atomic E-state index is 8.73. The van der Waals surface area contributed by atoms with E-state index in [0.717, 1.165) is 12.3 Å². The quantitative estimate of drug-likeness (QED) is 0.470. The predicted molar refractivity (Wildman–Crippen MR) is 72.7 cm³/mol. The smallest absolute Gasteiger partial charge is 0.0431 e. The summed E-state index contributed by atoms with van der Waals surface area (Å²) in [4.78, 5) is 0. The number of aliphatic hydroxyl groups excluding tert-OH is 1. The first-order chi connectivity index (χ1) is 7.81. The molecular formula is C15H32O. The monoisotopic (exact) mass is 228 g/mol. The van der Waals surface area contributed by atoms with E-state index in [4.69, 9.17) is 5.11 Å². The van der Waals surface area contributed by atoms with Crippen LogP contribution in [0.2, 0.25) is 0 Å². The van der Waals surface area contributed by atoms with Crippen molar-refractivity contribution in [3.63, 3.8) is 0 Å². The Kier molecular flexibility index (Phi) is 13.0. The first-order valence-electron chi connectivity index (χ1n) is 7.42. The lowest BCUT2D eigenvalue weighted by atomic mass is 9.97. The van der Waals surface area contributed by atoms with Gasteiger partial charge in [-0.05, 0) is 18.8 Å². The summed E-state index contributed by atoms with van der Waals surface area (Å²) in [5.74, 6) is 0.812. The summed E-state index contributed by atoms with van der Waals surface area (Å²) in [6.45, 7) is 4.95. The van der Waals surface area contributed by atoms with Crippen LogP contribution in [0.3, 0.4) is 0 Å². The molecule has 0 saturated heterocycles. The lowest BCUT2D eigenvalue weighted by molar-refractivity contribution is 0.270. The van der Waals surface area contributed by atoms with Crippen molar-refractivity contribution < 1.29 is 5.11 Å². The number of aliphatic hydroxyl groups is 1. The Morgan fingerprint density at radius 3 is 1.81 bits per heavy atom. The van der Waals surface area contributed by atoms with Crippen molar-refractivity contribution in [1.82, 2.24) is 0 Å². The van der Waals surface area contributed by atoms with Gasteiger partial charge < -0.3 is 5.11 Å². The normalized spacial score (nSPS) is 12.9. The van der Waals surface area contributed by atoms with E-state index in [1.165, 1.54) is 64.2 Å². The zero-order chi connectivity index (χ0) is 12.1. The maximum atomic E-state index is 8.73. The summed E-state index contributed by atoms with van der Waals surface area (Å²) >= 11 is 0. The second kappa shape index (κ2) is 13.0. The van der Waals surface area contributed by atoms with E-state index in [9.17, 15) is 0 Å². The molecule has 1 heteroatoms. The highest BCUT2D eigenvalue weighted by Crippen LogP contribution is 2.16. The van der Waals surface area contributed by atoms with Gasteiger partial charge in [0.2, 0.25) is 0 Å². The summed E-state index contributed by atoms with van der Waals surface area (Å²) in [5.41, 5.74) is 0. The van der Waals surface area contributed by atoms with Gasteiger partial charge in [0, 0.05) is 6.61 Å². The third kappa shape index (κ3) is 12.0. The van der Waals surface area contributed by atoms with E-state index in [1.807, 2.05) is 0 Å². The largest absolute Gasteiger partial charge is 0.396 e. The van der Waals surface area contributed by atoms with Crippen molar-refractivity contribution in [2.24, 2.45) is 5.92 Å². The Morgan fingerprint density at radius 2 is 1.25 bits per heavy atom. The van der Waals surface area contributed by atoms with Crippen LogP contribution in [0.25, 0.3) is 0 Å². The Balaban J connectivity index is 3.02. The number of unbranched alkanes of at least 4 members (excludes halogenated alkanes) is 7. The van der Waals surface area contributed by atoms with Crippen LogP contribution < -0.4 is 0 Å². The van der Waals surface area contributed by atoms with E-state index in [1.54, 1.807) is 0 Å². The summed E-state index contributed by atoms with van der Waals surface area (Å²) in [7, 11) is 0. The molecule has 0 heterocycles. The molecule has 1 atom stereocenters. The van der Waals surface area contributed by atoms with Gasteiger partial charge in [-0.1, -0.05) is 71.6 Å². The van der Waals surface area contributed by atoms with Crippen LogP contribution in [0.4, 0.5) is 0 Å². The molecule has 0 spiro atoms. The fourth-order valence-corrected chi connectivity index (χ4v) is 2.21. The summed E-state index contributed by atoms with van der Waals surface area (Å²) in [6, 6.07) is 0. The second-order valence-electron chi connectivity index (χ2n) is 5.23. The van der Waals surface area contributed by atoms with Crippen molar-refractivity contribution in [2.45, 2.75) is 84.5 Å². The SMILES string of the molecule is CCCCCCCCCCC(C)CCCO. The minimum absolute atomic E-state index is 0.363. The van der Waals surface area contributed by atoms with E-state index < -0.39 is 0 Å². The van der Waals surface area contributed by atoms with Crippen LogP contribution in [-0.4, -0.2) is 11.7 Å². The molecule has 0 amide bonds. The molecule has 0 radical (unpaired) electrons. The molecule has 98 valence electrons. The Hall–Kier alpha value is -0.0400. The highest BCUT2D eigenvalue weighted by Gasteiger charge is 2.01. The zero-order valence-corrected chi connectivity index (χ0v) is 11.5. The fraction of sp³-hybridized carbons (Fsp3) is 1.00. The van der Waals surface area contributed by atoms with Crippen LogP contribution in [0, 0.1) is 5.92 Å². The average Bonchev–Trinajstić information content (AvgIpc) is 2.30. The summed E-state index contributed by atoms with van der Waals surface area (Å²) in [5, 5.41) is 8.73. The minimum Gasteiger partial charge on any atom is -0.396 e. The molecule has 0 aromatic rings. The Morgan fingerprint density at radius 1 is 0.750 bits per heavy atom. The minimum atomic E-state index is 0.363. The molecule has 0 saturated carbocycles. The van der Waals surface area contributed by atoms with E-state index >= 15 is 0 Å². The van der Waals surface area contributed by atoms with Crippen LogP contribution in [0.5, 0.6) is 0 Å². The van der Waals surface area contributed by atoms with Crippen LogP contribution in [0.15, 0.2) is 0 Å². The first kappa shape index (κ1) is 16.0. The molecule has 0 aromatic carbocycles. The zero-order valence-electron chi connectivity index (χ0n) is 11.5. The van der Waals surface area contributed by atoms with E-state index in [0.29, 0.717) is 6.61 Å².